The van der Waals surface area contributed by atoms with Crippen molar-refractivity contribution in [1.82, 2.24) is 0 Å². The minimum Gasteiger partial charge on any atom is -0.0988 e. The highest BCUT2D eigenvalue weighted by Gasteiger charge is 2.20. The highest BCUT2D eigenvalue weighted by atomic mass is 14.3. The molecule has 1 atom stereocenters. The molecule has 0 fully saturated rings. The van der Waals surface area contributed by atoms with Gasteiger partial charge in [-0.25, -0.2) is 0 Å². The van der Waals surface area contributed by atoms with E-state index in [9.17, 15) is 0 Å². The summed E-state index contributed by atoms with van der Waals surface area (Å²) in [6.45, 7) is 48.0. The minimum atomic E-state index is 0.624. The Bertz CT molecular complexity index is 1360. The van der Waals surface area contributed by atoms with Crippen LogP contribution in [0.4, 0.5) is 0 Å². The Labute approximate surface area is 294 Å². The molecule has 0 heteroatoms. The maximum atomic E-state index is 4.28. The van der Waals surface area contributed by atoms with E-state index in [1.165, 1.54) is 78.0 Å². The molecule has 1 aliphatic rings. The molecule has 1 unspecified atom stereocenters. The lowest BCUT2D eigenvalue weighted by Crippen LogP contribution is -2.27. The fraction of sp³-hybridized carbons (Fsp3) is 0.489. The maximum Gasteiger partial charge on any atom is -0.0162 e. The third-order valence-corrected chi connectivity index (χ3v) is 8.78. The largest absolute Gasteiger partial charge is 0.0988 e. The second-order valence-corrected chi connectivity index (χ2v) is 13.0. The lowest BCUT2D eigenvalue weighted by atomic mass is 9.78. The van der Waals surface area contributed by atoms with E-state index in [-0.39, 0.29) is 0 Å². The van der Waals surface area contributed by atoms with E-state index in [1.807, 2.05) is 46.8 Å². The van der Waals surface area contributed by atoms with Crippen molar-refractivity contribution >= 4 is 18.2 Å². The van der Waals surface area contributed by atoms with Crippen LogP contribution < -0.4 is 10.4 Å². The van der Waals surface area contributed by atoms with Crippen molar-refractivity contribution in [3.63, 3.8) is 0 Å². The molecule has 0 radical (unpaired) electrons. The molecule has 47 heavy (non-hydrogen) atoms. The van der Waals surface area contributed by atoms with Crippen LogP contribution in [-0.4, -0.2) is 0 Å². The highest BCUT2D eigenvalue weighted by molar-refractivity contribution is 5.63. The van der Waals surface area contributed by atoms with Crippen molar-refractivity contribution in [2.75, 3.05) is 0 Å². The average Bonchev–Trinajstić information content (AvgIpc) is 3.05. The Morgan fingerprint density at radius 2 is 1.47 bits per heavy atom. The predicted octanol–water partition coefficient (Wildman–Crippen LogP) is 14.0. The lowest BCUT2D eigenvalue weighted by Gasteiger charge is -2.27. The van der Waals surface area contributed by atoms with Gasteiger partial charge in [-0.2, -0.15) is 0 Å². The zero-order valence-corrected chi connectivity index (χ0v) is 33.3. The molecule has 0 N–H and O–H groups in total. The molecule has 0 bridgehead atoms. The fourth-order valence-corrected chi connectivity index (χ4v) is 5.74. The number of allylic oxidation sites excluding steroid dienone is 12. The van der Waals surface area contributed by atoms with Gasteiger partial charge in [-0.05, 0) is 134 Å². The van der Waals surface area contributed by atoms with Crippen LogP contribution in [0, 0.1) is 24.7 Å². The molecule has 2 rings (SSSR count). The summed E-state index contributed by atoms with van der Waals surface area (Å²) < 4.78 is 0. The first-order valence-electron chi connectivity index (χ1n) is 18.5. The zero-order valence-electron chi connectivity index (χ0n) is 33.3. The van der Waals surface area contributed by atoms with Crippen molar-refractivity contribution in [2.24, 2.45) is 17.8 Å². The van der Waals surface area contributed by atoms with E-state index >= 15 is 0 Å². The van der Waals surface area contributed by atoms with E-state index in [0.717, 1.165) is 33.8 Å². The van der Waals surface area contributed by atoms with Crippen LogP contribution in [0.2, 0.25) is 0 Å². The molecule has 262 valence electrons. The van der Waals surface area contributed by atoms with Gasteiger partial charge in [0.2, 0.25) is 0 Å². The van der Waals surface area contributed by atoms with E-state index in [4.69, 9.17) is 0 Å². The molecule has 0 spiro atoms. The van der Waals surface area contributed by atoms with Gasteiger partial charge in [0.15, 0.2) is 0 Å². The summed E-state index contributed by atoms with van der Waals surface area (Å²) in [4.78, 5) is 0. The number of benzene rings is 1. The third-order valence-electron chi connectivity index (χ3n) is 8.78. The Morgan fingerprint density at radius 3 is 1.91 bits per heavy atom. The first-order valence-corrected chi connectivity index (χ1v) is 18.5. The Kier molecular flexibility index (Phi) is 25.4. The molecular weight excluding hydrogens is 565 g/mol. The summed E-state index contributed by atoms with van der Waals surface area (Å²) >= 11 is 0. The van der Waals surface area contributed by atoms with Crippen molar-refractivity contribution in [3.8, 4) is 0 Å². The molecular formula is C47H74. The van der Waals surface area contributed by atoms with Crippen molar-refractivity contribution in [2.45, 2.75) is 135 Å². The molecule has 1 aliphatic carbocycles. The summed E-state index contributed by atoms with van der Waals surface area (Å²) in [6.07, 6.45) is 21.4. The molecule has 0 aliphatic heterocycles. The van der Waals surface area contributed by atoms with Crippen LogP contribution in [-0.2, 0) is 0 Å². The van der Waals surface area contributed by atoms with Gasteiger partial charge in [-0.15, -0.1) is 0 Å². The van der Waals surface area contributed by atoms with Crippen LogP contribution in [0.15, 0.2) is 102 Å². The Hall–Kier alpha value is -3.12. The van der Waals surface area contributed by atoms with Gasteiger partial charge in [0.25, 0.3) is 0 Å². The standard InChI is InChI=1S/C22H30.C21H32.2C2H6/c1-14(2)19-9-8-16(5)21(11-19)13-22-12-20(15(3)4)10-17(6)18(22)7;1-8-12-21(13-9-2)19(10-3)15-14-18(7)20(11-4)16-17(5)6;2*1-2/h10,12-14,19H,3,7-9,11H2,1-2,4-6H3;10-11,14-16,21H,3-5,8-9,12-13H2,1-2,6-7H3;2*1-2H3/b22-13-;18-14+,19-15+,20-16+;;. The Balaban J connectivity index is 0. The van der Waals surface area contributed by atoms with E-state index < -0.39 is 0 Å². The van der Waals surface area contributed by atoms with Crippen LogP contribution >= 0.6 is 0 Å². The lowest BCUT2D eigenvalue weighted by molar-refractivity contribution is 0.346. The molecule has 0 aromatic heterocycles. The summed E-state index contributed by atoms with van der Waals surface area (Å²) in [5, 5.41) is 2.41. The smallest absolute Gasteiger partial charge is 0.0162 e. The minimum absolute atomic E-state index is 0.624. The normalized spacial score (nSPS) is 15.6. The number of hydrogen-bond donors (Lipinski definition) is 0. The second kappa shape index (κ2) is 25.9. The van der Waals surface area contributed by atoms with Crippen LogP contribution in [0.25, 0.3) is 18.2 Å². The SMILES string of the molecule is C=C(C)c1cc(C)c(=C)/c(=C\C2=C(C)CCC(C(C)C)C2)c1.C=C\C(=C/C=C(C)/C(C=C)=C/C(=C)C)C(CCC)CCC.CC.CC. The predicted molar refractivity (Wildman–Crippen MR) is 221 cm³/mol. The van der Waals surface area contributed by atoms with Gasteiger partial charge < -0.3 is 0 Å². The van der Waals surface area contributed by atoms with Crippen LogP contribution in [0.5, 0.6) is 0 Å². The second-order valence-electron chi connectivity index (χ2n) is 13.0. The zero-order chi connectivity index (χ0) is 36.7. The van der Waals surface area contributed by atoms with Gasteiger partial charge in [0.1, 0.15) is 0 Å². The summed E-state index contributed by atoms with van der Waals surface area (Å²) in [6, 6.07) is 4.44. The molecule has 1 aromatic carbocycles. The van der Waals surface area contributed by atoms with Crippen molar-refractivity contribution < 1.29 is 0 Å². The average molecular weight is 639 g/mol. The van der Waals surface area contributed by atoms with Crippen LogP contribution in [0.3, 0.4) is 0 Å². The van der Waals surface area contributed by atoms with E-state index in [0.29, 0.717) is 5.92 Å². The number of hydrogen-bond acceptors (Lipinski definition) is 0. The third kappa shape index (κ3) is 17.0. The topological polar surface area (TPSA) is 0 Å². The fourth-order valence-electron chi connectivity index (χ4n) is 5.74. The number of aryl methyl sites for hydroxylation is 1. The van der Waals surface area contributed by atoms with Crippen LogP contribution in [0.1, 0.15) is 139 Å². The van der Waals surface area contributed by atoms with Gasteiger partial charge >= 0.3 is 0 Å². The molecule has 0 nitrogen and oxygen atoms in total. The molecule has 0 amide bonds. The first-order chi connectivity index (χ1) is 22.3. The molecule has 1 aromatic rings. The molecule has 0 saturated carbocycles. The van der Waals surface area contributed by atoms with Crippen molar-refractivity contribution in [3.05, 3.63) is 124 Å². The van der Waals surface area contributed by atoms with E-state index in [1.54, 1.807) is 5.57 Å². The van der Waals surface area contributed by atoms with Gasteiger partial charge in [0.05, 0.1) is 0 Å². The summed E-state index contributed by atoms with van der Waals surface area (Å²) in [7, 11) is 0. The van der Waals surface area contributed by atoms with Crippen molar-refractivity contribution in [1.29, 1.82) is 0 Å². The Morgan fingerprint density at radius 1 is 0.894 bits per heavy atom. The van der Waals surface area contributed by atoms with Gasteiger partial charge in [0, 0.05) is 0 Å². The molecule has 0 saturated heterocycles. The van der Waals surface area contributed by atoms with E-state index in [2.05, 4.69) is 125 Å². The van der Waals surface area contributed by atoms with Gasteiger partial charge in [-0.1, -0.05) is 160 Å². The van der Waals surface area contributed by atoms with Gasteiger partial charge in [-0.3, -0.25) is 0 Å². The maximum absolute atomic E-state index is 4.28. The number of rotatable bonds is 13. The summed E-state index contributed by atoms with van der Waals surface area (Å²) in [5.41, 5.74) is 11.4. The molecule has 0 heterocycles. The monoisotopic (exact) mass is 639 g/mol. The quantitative estimate of drug-likeness (QED) is 0.189. The summed E-state index contributed by atoms with van der Waals surface area (Å²) in [5.74, 6) is 2.20. The first kappa shape index (κ1) is 46.0. The highest BCUT2D eigenvalue weighted by Crippen LogP contribution is 2.34.